The third kappa shape index (κ3) is 1.74. The number of ketones is 2. The molecule has 1 aliphatic heterocycles. The molecular weight excluding hydrogens is 382 g/mol. The summed E-state index contributed by atoms with van der Waals surface area (Å²) in [6.45, 7) is 4.80. The summed E-state index contributed by atoms with van der Waals surface area (Å²) in [6.07, 6.45) is 1.97. The molecule has 0 N–H and O–H groups in total. The number of Topliss-reactive ketones (excluding diaryl/α,β-unsaturated/α-hetero) is 2. The standard InChI is InChI=1S/C28H23NO2/c1-3-23-26(19-12-6-4-7-13-19)18-29(2)28(27(23,26)20-14-8-5-9-15-20)24(30)21-16-10-11-17-22(21)25(28)31/h3-17,23H,1,18H2,2H3/t23-,26+,27+/m1/s1. The number of fused-ring (bicyclic) bond motifs is 3. The van der Waals surface area contributed by atoms with Crippen LogP contribution in [0.25, 0.3) is 0 Å². The lowest BCUT2D eigenvalue weighted by molar-refractivity contribution is 0.0532. The van der Waals surface area contributed by atoms with Crippen LogP contribution in [-0.2, 0) is 10.8 Å². The van der Waals surface area contributed by atoms with Gasteiger partial charge in [-0.2, -0.15) is 0 Å². The quantitative estimate of drug-likeness (QED) is 0.478. The summed E-state index contributed by atoms with van der Waals surface area (Å²) in [4.78, 5) is 30.4. The summed E-state index contributed by atoms with van der Waals surface area (Å²) in [5.41, 5.74) is 0.895. The number of piperidine rings is 1. The van der Waals surface area contributed by atoms with Crippen LogP contribution in [-0.4, -0.2) is 35.6 Å². The van der Waals surface area contributed by atoms with Crippen molar-refractivity contribution in [2.24, 2.45) is 5.92 Å². The first-order valence-electron chi connectivity index (χ1n) is 10.7. The highest BCUT2D eigenvalue weighted by Gasteiger charge is 2.92. The molecule has 2 fully saturated rings. The molecule has 0 radical (unpaired) electrons. The van der Waals surface area contributed by atoms with Gasteiger partial charge < -0.3 is 0 Å². The number of nitrogens with zero attached hydrogens (tertiary/aromatic N) is 1. The number of carbonyl (C=O) groups is 2. The van der Waals surface area contributed by atoms with E-state index in [4.69, 9.17) is 0 Å². The first kappa shape index (κ1) is 18.5. The fraction of sp³-hybridized carbons (Fsp3) is 0.214. The Labute approximate surface area is 182 Å². The maximum Gasteiger partial charge on any atom is 0.192 e. The third-order valence-electron chi connectivity index (χ3n) is 8.07. The fourth-order valence-electron chi connectivity index (χ4n) is 7.17. The van der Waals surface area contributed by atoms with Crippen molar-refractivity contribution in [3.8, 4) is 0 Å². The van der Waals surface area contributed by atoms with Crippen molar-refractivity contribution in [2.45, 2.75) is 16.4 Å². The number of likely N-dealkylation sites (tertiary alicyclic amines) is 1. The highest BCUT2D eigenvalue weighted by atomic mass is 16.2. The molecule has 0 amide bonds. The molecule has 6 rings (SSSR count). The summed E-state index contributed by atoms with van der Waals surface area (Å²) in [6, 6.07) is 27.8. The van der Waals surface area contributed by atoms with Gasteiger partial charge in [0.2, 0.25) is 0 Å². The molecule has 0 unspecified atom stereocenters. The smallest absolute Gasteiger partial charge is 0.192 e. The van der Waals surface area contributed by atoms with Gasteiger partial charge in [-0.1, -0.05) is 91.0 Å². The van der Waals surface area contributed by atoms with Gasteiger partial charge in [-0.25, -0.2) is 0 Å². The number of likely N-dealkylation sites (N-methyl/N-ethyl adjacent to an activating group) is 1. The summed E-state index contributed by atoms with van der Waals surface area (Å²) in [5.74, 6) is -0.188. The van der Waals surface area contributed by atoms with Gasteiger partial charge in [0.25, 0.3) is 0 Å². The van der Waals surface area contributed by atoms with Crippen LogP contribution in [0.15, 0.2) is 97.6 Å². The molecule has 0 bridgehead atoms. The molecule has 3 nitrogen and oxygen atoms in total. The van der Waals surface area contributed by atoms with Crippen LogP contribution >= 0.6 is 0 Å². The van der Waals surface area contributed by atoms with E-state index in [0.717, 1.165) is 11.1 Å². The highest BCUT2D eigenvalue weighted by Crippen LogP contribution is 2.81. The van der Waals surface area contributed by atoms with E-state index in [9.17, 15) is 9.59 Å². The molecular formula is C28H23NO2. The number of carbonyl (C=O) groups excluding carboxylic acids is 2. The van der Waals surface area contributed by atoms with E-state index < -0.39 is 11.0 Å². The van der Waals surface area contributed by atoms with Crippen LogP contribution in [0.5, 0.6) is 0 Å². The van der Waals surface area contributed by atoms with Crippen LogP contribution in [0.1, 0.15) is 31.8 Å². The minimum absolute atomic E-state index is 0.0248. The van der Waals surface area contributed by atoms with Crippen molar-refractivity contribution >= 4 is 11.6 Å². The first-order valence-corrected chi connectivity index (χ1v) is 10.7. The minimum Gasteiger partial charge on any atom is -0.291 e. The average molecular weight is 405 g/mol. The predicted molar refractivity (Wildman–Crippen MR) is 120 cm³/mol. The summed E-state index contributed by atoms with van der Waals surface area (Å²) in [7, 11) is 1.93. The molecule has 0 aromatic heterocycles. The highest BCUT2D eigenvalue weighted by molar-refractivity contribution is 6.35. The zero-order chi connectivity index (χ0) is 21.4. The van der Waals surface area contributed by atoms with E-state index in [1.807, 2.05) is 66.6 Å². The van der Waals surface area contributed by atoms with Crippen molar-refractivity contribution < 1.29 is 9.59 Å². The van der Waals surface area contributed by atoms with E-state index in [1.54, 1.807) is 12.1 Å². The van der Waals surface area contributed by atoms with Crippen LogP contribution < -0.4 is 0 Å². The minimum atomic E-state index is -1.27. The second-order valence-corrected chi connectivity index (χ2v) is 9.00. The second kappa shape index (κ2) is 5.89. The van der Waals surface area contributed by atoms with Crippen molar-refractivity contribution in [1.82, 2.24) is 4.90 Å². The predicted octanol–water partition coefficient (Wildman–Crippen LogP) is 4.44. The Balaban J connectivity index is 1.73. The van der Waals surface area contributed by atoms with Gasteiger partial charge in [-0.05, 0) is 18.2 Å². The second-order valence-electron chi connectivity index (χ2n) is 9.00. The number of benzene rings is 3. The van der Waals surface area contributed by atoms with Gasteiger partial charge in [-0.3, -0.25) is 14.5 Å². The van der Waals surface area contributed by atoms with E-state index in [2.05, 4.69) is 30.8 Å². The molecule has 31 heavy (non-hydrogen) atoms. The summed E-state index contributed by atoms with van der Waals surface area (Å²) >= 11 is 0. The van der Waals surface area contributed by atoms with Gasteiger partial charge in [0, 0.05) is 34.4 Å². The lowest BCUT2D eigenvalue weighted by Gasteiger charge is -2.39. The number of hydrogen-bond acceptors (Lipinski definition) is 3. The Morgan fingerprint density at radius 2 is 1.29 bits per heavy atom. The molecule has 1 heterocycles. The van der Waals surface area contributed by atoms with Crippen LogP contribution in [0.3, 0.4) is 0 Å². The molecule has 1 saturated heterocycles. The molecule has 1 saturated carbocycles. The Hall–Kier alpha value is -3.30. The van der Waals surface area contributed by atoms with Crippen molar-refractivity contribution in [1.29, 1.82) is 0 Å². The monoisotopic (exact) mass is 405 g/mol. The molecule has 152 valence electrons. The maximum absolute atomic E-state index is 14.2. The lowest BCUT2D eigenvalue weighted by atomic mass is 9.68. The molecule has 3 heteroatoms. The summed E-state index contributed by atoms with van der Waals surface area (Å²) in [5, 5.41) is 0. The van der Waals surface area contributed by atoms with Gasteiger partial charge in [0.15, 0.2) is 17.1 Å². The topological polar surface area (TPSA) is 37.4 Å². The van der Waals surface area contributed by atoms with Gasteiger partial charge in [0.1, 0.15) is 0 Å². The van der Waals surface area contributed by atoms with Crippen LogP contribution in [0, 0.1) is 5.92 Å². The average Bonchev–Trinajstić information content (AvgIpc) is 3.24. The van der Waals surface area contributed by atoms with Crippen LogP contribution in [0.2, 0.25) is 0 Å². The SMILES string of the molecule is C=C[C@@H]1[C@@]2(c3ccccc3)CN(C)C3(C(=O)c4ccccc4C3=O)[C@@]12c1ccccc1. The largest absolute Gasteiger partial charge is 0.291 e. The van der Waals surface area contributed by atoms with E-state index in [-0.39, 0.29) is 22.9 Å². The summed E-state index contributed by atoms with van der Waals surface area (Å²) < 4.78 is 0. The molecule has 3 aliphatic rings. The fourth-order valence-corrected chi connectivity index (χ4v) is 7.17. The van der Waals surface area contributed by atoms with Gasteiger partial charge >= 0.3 is 0 Å². The van der Waals surface area contributed by atoms with Crippen molar-refractivity contribution in [3.63, 3.8) is 0 Å². The van der Waals surface area contributed by atoms with E-state index in [0.29, 0.717) is 17.7 Å². The van der Waals surface area contributed by atoms with E-state index in [1.165, 1.54) is 0 Å². The Morgan fingerprint density at radius 3 is 1.81 bits per heavy atom. The molecule has 2 aliphatic carbocycles. The van der Waals surface area contributed by atoms with Crippen molar-refractivity contribution in [3.05, 3.63) is 120 Å². The van der Waals surface area contributed by atoms with Crippen molar-refractivity contribution in [2.75, 3.05) is 13.6 Å². The normalized spacial score (nSPS) is 30.3. The number of rotatable bonds is 3. The van der Waals surface area contributed by atoms with Gasteiger partial charge in [-0.15, -0.1) is 6.58 Å². The van der Waals surface area contributed by atoms with E-state index >= 15 is 0 Å². The molecule has 3 aromatic carbocycles. The number of hydrogen-bond donors (Lipinski definition) is 0. The first-order chi connectivity index (χ1) is 15.1. The zero-order valence-corrected chi connectivity index (χ0v) is 17.4. The number of allylic oxidation sites excluding steroid dienone is 1. The van der Waals surface area contributed by atoms with Crippen LogP contribution in [0.4, 0.5) is 0 Å². The Kier molecular flexibility index (Phi) is 3.51. The zero-order valence-electron chi connectivity index (χ0n) is 17.4. The molecule has 1 spiro atoms. The third-order valence-corrected chi connectivity index (χ3v) is 8.07. The lowest BCUT2D eigenvalue weighted by Crippen LogP contribution is -2.60. The Morgan fingerprint density at radius 1 is 0.806 bits per heavy atom. The molecule has 3 aromatic rings. The maximum atomic E-state index is 14.2. The molecule has 3 atom stereocenters. The van der Waals surface area contributed by atoms with Gasteiger partial charge in [0.05, 0.1) is 0 Å². The Bertz CT molecular complexity index is 1210.